The molecule has 3 aromatic rings. The number of ether oxygens (including phenoxy) is 1. The number of benzene rings is 1. The summed E-state index contributed by atoms with van der Waals surface area (Å²) in [6.07, 6.45) is 2.48. The molecule has 0 spiro atoms. The maximum absolute atomic E-state index is 5.63. The first-order valence-corrected chi connectivity index (χ1v) is 10.8. The Bertz CT molecular complexity index is 964. The van der Waals surface area contributed by atoms with Crippen molar-refractivity contribution in [2.24, 2.45) is 4.99 Å². The standard InChI is InChI=1S/C22H29N5O2S/c1-15-6-8-17(9-7-15)20-25-18(13-29-20)10-11-24-22(23-3)27(4)12-19-14-30-21(26-19)16(2)28-5/h6-9,13-14,16H,10-12H2,1-5H3,(H,23,24). The van der Waals surface area contributed by atoms with Gasteiger partial charge in [0.25, 0.3) is 0 Å². The number of nitrogens with one attached hydrogen (secondary N) is 1. The lowest BCUT2D eigenvalue weighted by Crippen LogP contribution is -2.39. The lowest BCUT2D eigenvalue weighted by molar-refractivity contribution is 0.119. The lowest BCUT2D eigenvalue weighted by Gasteiger charge is -2.21. The van der Waals surface area contributed by atoms with E-state index < -0.39 is 0 Å². The van der Waals surface area contributed by atoms with Crippen LogP contribution in [0.15, 0.2) is 45.3 Å². The van der Waals surface area contributed by atoms with Crippen LogP contribution in [-0.2, 0) is 17.7 Å². The molecule has 3 rings (SSSR count). The summed E-state index contributed by atoms with van der Waals surface area (Å²) in [6.45, 7) is 5.45. The molecule has 1 N–H and O–H groups in total. The number of oxazole rings is 1. The topological polar surface area (TPSA) is 75.8 Å². The van der Waals surface area contributed by atoms with Gasteiger partial charge < -0.3 is 19.4 Å². The number of rotatable bonds is 8. The summed E-state index contributed by atoms with van der Waals surface area (Å²) in [5.41, 5.74) is 4.12. The van der Waals surface area contributed by atoms with Crippen LogP contribution >= 0.6 is 11.3 Å². The Balaban J connectivity index is 1.50. The van der Waals surface area contributed by atoms with E-state index in [1.165, 1.54) is 5.56 Å². The van der Waals surface area contributed by atoms with Crippen molar-refractivity contribution in [3.8, 4) is 11.5 Å². The summed E-state index contributed by atoms with van der Waals surface area (Å²) in [6, 6.07) is 8.16. The third kappa shape index (κ3) is 5.67. The highest BCUT2D eigenvalue weighted by Gasteiger charge is 2.13. The zero-order valence-corrected chi connectivity index (χ0v) is 19.0. The zero-order chi connectivity index (χ0) is 21.5. The van der Waals surface area contributed by atoms with E-state index >= 15 is 0 Å². The van der Waals surface area contributed by atoms with Crippen LogP contribution in [0.5, 0.6) is 0 Å². The monoisotopic (exact) mass is 427 g/mol. The largest absolute Gasteiger partial charge is 0.444 e. The molecule has 160 valence electrons. The van der Waals surface area contributed by atoms with Gasteiger partial charge in [0.2, 0.25) is 5.89 Å². The van der Waals surface area contributed by atoms with Gasteiger partial charge in [-0.15, -0.1) is 11.3 Å². The summed E-state index contributed by atoms with van der Waals surface area (Å²) in [4.78, 5) is 15.7. The average Bonchev–Trinajstić information content (AvgIpc) is 3.41. The Kier molecular flexibility index (Phi) is 7.59. The highest BCUT2D eigenvalue weighted by atomic mass is 32.1. The third-order valence-corrected chi connectivity index (χ3v) is 5.81. The molecule has 1 unspecified atom stereocenters. The van der Waals surface area contributed by atoms with Crippen LogP contribution in [0, 0.1) is 6.92 Å². The lowest BCUT2D eigenvalue weighted by atomic mass is 10.1. The van der Waals surface area contributed by atoms with Crippen LogP contribution in [0.3, 0.4) is 0 Å². The van der Waals surface area contributed by atoms with Gasteiger partial charge in [-0.3, -0.25) is 4.99 Å². The minimum atomic E-state index is 0.0127. The number of aromatic nitrogens is 2. The summed E-state index contributed by atoms with van der Waals surface area (Å²) in [7, 11) is 5.48. The average molecular weight is 428 g/mol. The molecule has 30 heavy (non-hydrogen) atoms. The van der Waals surface area contributed by atoms with Gasteiger partial charge in [0.1, 0.15) is 17.4 Å². The maximum Gasteiger partial charge on any atom is 0.226 e. The van der Waals surface area contributed by atoms with Gasteiger partial charge in [-0.05, 0) is 26.0 Å². The Morgan fingerprint density at radius 3 is 2.73 bits per heavy atom. The van der Waals surface area contributed by atoms with Crippen LogP contribution < -0.4 is 5.32 Å². The molecule has 0 bridgehead atoms. The molecular formula is C22H29N5O2S. The molecule has 0 saturated heterocycles. The smallest absolute Gasteiger partial charge is 0.226 e. The molecule has 0 aliphatic rings. The quantitative estimate of drug-likeness (QED) is 0.432. The summed E-state index contributed by atoms with van der Waals surface area (Å²) >= 11 is 1.62. The molecule has 0 radical (unpaired) electrons. The minimum absolute atomic E-state index is 0.0127. The number of methoxy groups -OCH3 is 1. The number of hydrogen-bond donors (Lipinski definition) is 1. The predicted octanol–water partition coefficient (Wildman–Crippen LogP) is 4.06. The van der Waals surface area contributed by atoms with Gasteiger partial charge in [0.15, 0.2) is 5.96 Å². The van der Waals surface area contributed by atoms with E-state index in [4.69, 9.17) is 9.15 Å². The SMILES string of the molecule is CN=C(NCCc1coc(-c2ccc(C)cc2)n1)N(C)Cc1csc(C(C)OC)n1. The first-order chi connectivity index (χ1) is 14.5. The zero-order valence-electron chi connectivity index (χ0n) is 18.2. The molecule has 0 fully saturated rings. The Hall–Kier alpha value is -2.71. The van der Waals surface area contributed by atoms with Crippen molar-refractivity contribution >= 4 is 17.3 Å². The van der Waals surface area contributed by atoms with Gasteiger partial charge in [-0.2, -0.15) is 0 Å². The number of aliphatic imine (C=N–C) groups is 1. The number of aryl methyl sites for hydroxylation is 1. The van der Waals surface area contributed by atoms with E-state index in [0.717, 1.165) is 34.3 Å². The van der Waals surface area contributed by atoms with E-state index in [9.17, 15) is 0 Å². The van der Waals surface area contributed by atoms with Gasteiger partial charge in [0.05, 0.1) is 17.9 Å². The second-order valence-electron chi connectivity index (χ2n) is 7.15. The van der Waals surface area contributed by atoms with Crippen LogP contribution in [0.1, 0.15) is 35.0 Å². The number of nitrogens with zero attached hydrogens (tertiary/aromatic N) is 4. The van der Waals surface area contributed by atoms with Crippen molar-refractivity contribution in [3.05, 3.63) is 57.9 Å². The molecule has 1 aromatic carbocycles. The highest BCUT2D eigenvalue weighted by molar-refractivity contribution is 7.09. The van der Waals surface area contributed by atoms with Crippen molar-refractivity contribution < 1.29 is 9.15 Å². The molecule has 1 atom stereocenters. The summed E-state index contributed by atoms with van der Waals surface area (Å²) in [5, 5.41) is 6.43. The second-order valence-corrected chi connectivity index (χ2v) is 8.03. The van der Waals surface area contributed by atoms with Gasteiger partial charge in [-0.25, -0.2) is 9.97 Å². The van der Waals surface area contributed by atoms with E-state index in [-0.39, 0.29) is 6.10 Å². The normalized spacial score (nSPS) is 12.8. The fraction of sp³-hybridized carbons (Fsp3) is 0.409. The van der Waals surface area contributed by atoms with Gasteiger partial charge in [-0.1, -0.05) is 17.7 Å². The van der Waals surface area contributed by atoms with Gasteiger partial charge >= 0.3 is 0 Å². The van der Waals surface area contributed by atoms with Crippen molar-refractivity contribution in [2.45, 2.75) is 32.9 Å². The van der Waals surface area contributed by atoms with Crippen molar-refractivity contribution in [1.82, 2.24) is 20.2 Å². The fourth-order valence-corrected chi connectivity index (χ4v) is 3.78. The third-order valence-electron chi connectivity index (χ3n) is 4.76. The Morgan fingerprint density at radius 1 is 1.27 bits per heavy atom. The predicted molar refractivity (Wildman–Crippen MR) is 121 cm³/mol. The molecule has 0 aliphatic carbocycles. The number of hydrogen-bond acceptors (Lipinski definition) is 6. The summed E-state index contributed by atoms with van der Waals surface area (Å²) in [5.74, 6) is 1.46. The highest BCUT2D eigenvalue weighted by Crippen LogP contribution is 2.21. The molecule has 0 aliphatic heterocycles. The second kappa shape index (κ2) is 10.4. The van der Waals surface area contributed by atoms with Crippen LogP contribution in [-0.4, -0.2) is 48.6 Å². The first kappa shape index (κ1) is 22.0. The van der Waals surface area contributed by atoms with Crippen LogP contribution in [0.2, 0.25) is 0 Å². The Morgan fingerprint density at radius 2 is 2.03 bits per heavy atom. The molecule has 8 heteroatoms. The summed E-state index contributed by atoms with van der Waals surface area (Å²) < 4.78 is 11.0. The van der Waals surface area contributed by atoms with E-state index in [0.29, 0.717) is 19.0 Å². The minimum Gasteiger partial charge on any atom is -0.444 e. The first-order valence-electron chi connectivity index (χ1n) is 9.90. The van der Waals surface area contributed by atoms with Crippen molar-refractivity contribution in [3.63, 3.8) is 0 Å². The van der Waals surface area contributed by atoms with Crippen molar-refractivity contribution in [1.29, 1.82) is 0 Å². The van der Waals surface area contributed by atoms with Gasteiger partial charge in [0, 0.05) is 45.1 Å². The molecule has 7 nitrogen and oxygen atoms in total. The molecule has 0 amide bonds. The van der Waals surface area contributed by atoms with Crippen LogP contribution in [0.4, 0.5) is 0 Å². The molecular weight excluding hydrogens is 398 g/mol. The number of thiazole rings is 1. The van der Waals surface area contributed by atoms with E-state index in [2.05, 4.69) is 49.6 Å². The fourth-order valence-electron chi connectivity index (χ4n) is 2.94. The van der Waals surface area contributed by atoms with E-state index in [1.54, 1.807) is 31.8 Å². The van der Waals surface area contributed by atoms with Crippen molar-refractivity contribution in [2.75, 3.05) is 27.7 Å². The molecule has 2 heterocycles. The molecule has 0 saturated carbocycles. The van der Waals surface area contributed by atoms with E-state index in [1.807, 2.05) is 26.1 Å². The Labute approximate surface area is 181 Å². The number of guanidine groups is 1. The maximum atomic E-state index is 5.63. The van der Waals surface area contributed by atoms with Crippen LogP contribution in [0.25, 0.3) is 11.5 Å². The molecule has 2 aromatic heterocycles.